The number of rotatable bonds is 6. The molecule has 5 heteroatoms. The first-order chi connectivity index (χ1) is 10.7. The van der Waals surface area contributed by atoms with Crippen LogP contribution < -0.4 is 10.1 Å². The lowest BCUT2D eigenvalue weighted by Gasteiger charge is -2.08. The Morgan fingerprint density at radius 2 is 1.82 bits per heavy atom. The predicted octanol–water partition coefficient (Wildman–Crippen LogP) is 2.42. The fourth-order valence-electron chi connectivity index (χ4n) is 1.85. The van der Waals surface area contributed by atoms with Gasteiger partial charge in [-0.1, -0.05) is 36.4 Å². The van der Waals surface area contributed by atoms with Gasteiger partial charge >= 0.3 is 5.97 Å². The molecule has 1 amide bonds. The summed E-state index contributed by atoms with van der Waals surface area (Å²) in [7, 11) is 1.30. The Labute approximate surface area is 128 Å². The van der Waals surface area contributed by atoms with Crippen LogP contribution in [0.15, 0.2) is 54.6 Å². The number of hydrogen-bond acceptors (Lipinski definition) is 4. The van der Waals surface area contributed by atoms with E-state index in [2.05, 4.69) is 10.1 Å². The van der Waals surface area contributed by atoms with E-state index in [0.29, 0.717) is 17.9 Å². The predicted molar refractivity (Wildman–Crippen MR) is 82.7 cm³/mol. The summed E-state index contributed by atoms with van der Waals surface area (Å²) in [6, 6.07) is 16.3. The second kappa shape index (κ2) is 7.83. The number of carbonyl (C=O) groups excluding carboxylic acids is 2. The molecule has 5 nitrogen and oxygen atoms in total. The molecule has 1 N–H and O–H groups in total. The van der Waals surface area contributed by atoms with Crippen molar-refractivity contribution in [2.24, 2.45) is 0 Å². The molecule has 0 heterocycles. The zero-order valence-corrected chi connectivity index (χ0v) is 12.2. The molecule has 0 fully saturated rings. The van der Waals surface area contributed by atoms with Gasteiger partial charge in [-0.05, 0) is 17.7 Å². The number of esters is 1. The van der Waals surface area contributed by atoms with E-state index in [4.69, 9.17) is 4.74 Å². The lowest BCUT2D eigenvalue weighted by Crippen LogP contribution is -2.15. The molecule has 2 aromatic rings. The van der Waals surface area contributed by atoms with Crippen LogP contribution in [0.2, 0.25) is 0 Å². The van der Waals surface area contributed by atoms with Gasteiger partial charge in [-0.2, -0.15) is 0 Å². The molecule has 22 heavy (non-hydrogen) atoms. The Hall–Kier alpha value is -2.82. The van der Waals surface area contributed by atoms with E-state index in [-0.39, 0.29) is 12.5 Å². The lowest BCUT2D eigenvalue weighted by atomic mass is 10.1. The Kier molecular flexibility index (Phi) is 5.54. The maximum atomic E-state index is 12.0. The molecular weight excluding hydrogens is 282 g/mol. The van der Waals surface area contributed by atoms with E-state index < -0.39 is 5.97 Å². The maximum Gasteiger partial charge on any atom is 0.343 e. The van der Waals surface area contributed by atoms with Gasteiger partial charge in [0.2, 0.25) is 5.91 Å². The van der Waals surface area contributed by atoms with Gasteiger partial charge in [0, 0.05) is 11.8 Å². The normalized spacial score (nSPS) is 9.86. The highest BCUT2D eigenvalue weighted by Crippen LogP contribution is 2.17. The third-order valence-corrected chi connectivity index (χ3v) is 2.91. The molecule has 0 saturated heterocycles. The number of nitrogens with one attached hydrogen (secondary N) is 1. The zero-order valence-electron chi connectivity index (χ0n) is 12.2. The average Bonchev–Trinajstić information content (AvgIpc) is 2.53. The maximum absolute atomic E-state index is 12.0. The Bertz CT molecular complexity index is 640. The van der Waals surface area contributed by atoms with Gasteiger partial charge in [-0.15, -0.1) is 0 Å². The fraction of sp³-hybridized carbons (Fsp3) is 0.176. The smallest absolute Gasteiger partial charge is 0.343 e. The molecule has 0 atom stereocenters. The summed E-state index contributed by atoms with van der Waals surface area (Å²) in [5.41, 5.74) is 1.56. The number of carbonyl (C=O) groups is 2. The first-order valence-corrected chi connectivity index (χ1v) is 6.81. The number of hydrogen-bond donors (Lipinski definition) is 1. The Morgan fingerprint density at radius 3 is 2.55 bits per heavy atom. The van der Waals surface area contributed by atoms with Crippen LogP contribution in [0.25, 0.3) is 0 Å². The molecule has 0 radical (unpaired) electrons. The van der Waals surface area contributed by atoms with Crippen molar-refractivity contribution in [1.82, 2.24) is 0 Å². The van der Waals surface area contributed by atoms with Crippen LogP contribution in [0.1, 0.15) is 5.56 Å². The van der Waals surface area contributed by atoms with E-state index >= 15 is 0 Å². The summed E-state index contributed by atoms with van der Waals surface area (Å²) >= 11 is 0. The molecule has 2 aromatic carbocycles. The van der Waals surface area contributed by atoms with Crippen molar-refractivity contribution < 1.29 is 19.1 Å². The minimum atomic E-state index is -0.460. The van der Waals surface area contributed by atoms with Crippen LogP contribution in [0, 0.1) is 0 Å². The monoisotopic (exact) mass is 299 g/mol. The van der Waals surface area contributed by atoms with Gasteiger partial charge in [0.05, 0.1) is 13.5 Å². The molecule has 0 aliphatic carbocycles. The first kappa shape index (κ1) is 15.6. The standard InChI is InChI=1S/C17H17NO4/c1-21-17(20)12-22-15-9-5-8-14(11-15)18-16(19)10-13-6-3-2-4-7-13/h2-9,11H,10,12H2,1H3,(H,18,19). The molecule has 114 valence electrons. The fourth-order valence-corrected chi connectivity index (χ4v) is 1.85. The van der Waals surface area contributed by atoms with Crippen LogP contribution >= 0.6 is 0 Å². The topological polar surface area (TPSA) is 64.6 Å². The SMILES string of the molecule is COC(=O)COc1cccc(NC(=O)Cc2ccccc2)c1. The summed E-state index contributed by atoms with van der Waals surface area (Å²) < 4.78 is 9.77. The third-order valence-electron chi connectivity index (χ3n) is 2.91. The lowest BCUT2D eigenvalue weighted by molar-refractivity contribution is -0.142. The van der Waals surface area contributed by atoms with Crippen molar-refractivity contribution in [2.75, 3.05) is 19.0 Å². The van der Waals surface area contributed by atoms with Crippen molar-refractivity contribution in [3.8, 4) is 5.75 Å². The van der Waals surface area contributed by atoms with Crippen molar-refractivity contribution in [2.45, 2.75) is 6.42 Å². The molecule has 0 bridgehead atoms. The average molecular weight is 299 g/mol. The van der Waals surface area contributed by atoms with Crippen molar-refractivity contribution in [3.05, 3.63) is 60.2 Å². The van der Waals surface area contributed by atoms with Crippen LogP contribution in [0.3, 0.4) is 0 Å². The zero-order chi connectivity index (χ0) is 15.8. The van der Waals surface area contributed by atoms with E-state index in [0.717, 1.165) is 5.56 Å². The molecule has 0 saturated carbocycles. The van der Waals surface area contributed by atoms with Gasteiger partial charge in [0.25, 0.3) is 0 Å². The number of amides is 1. The molecule has 0 aliphatic heterocycles. The Morgan fingerprint density at radius 1 is 1.05 bits per heavy atom. The molecule has 0 aromatic heterocycles. The largest absolute Gasteiger partial charge is 0.482 e. The van der Waals surface area contributed by atoms with Crippen LogP contribution in [0.4, 0.5) is 5.69 Å². The van der Waals surface area contributed by atoms with Crippen LogP contribution in [-0.4, -0.2) is 25.6 Å². The quantitative estimate of drug-likeness (QED) is 0.832. The minimum absolute atomic E-state index is 0.115. The molecule has 0 unspecified atom stereocenters. The van der Waals surface area contributed by atoms with E-state index in [1.807, 2.05) is 30.3 Å². The highest BCUT2D eigenvalue weighted by atomic mass is 16.6. The summed E-state index contributed by atoms with van der Waals surface area (Å²) in [5, 5.41) is 2.80. The molecule has 0 aliphatic rings. The summed E-state index contributed by atoms with van der Waals surface area (Å²) in [4.78, 5) is 23.0. The molecule has 0 spiro atoms. The van der Waals surface area contributed by atoms with Gasteiger partial charge in [-0.25, -0.2) is 4.79 Å². The summed E-state index contributed by atoms with van der Waals surface area (Å²) in [6.45, 7) is -0.169. The van der Waals surface area contributed by atoms with E-state index in [1.54, 1.807) is 24.3 Å². The van der Waals surface area contributed by atoms with Gasteiger partial charge in [0.15, 0.2) is 6.61 Å². The summed E-state index contributed by atoms with van der Waals surface area (Å²) in [6.07, 6.45) is 0.300. The Balaban J connectivity index is 1.92. The van der Waals surface area contributed by atoms with Crippen LogP contribution in [0.5, 0.6) is 5.75 Å². The van der Waals surface area contributed by atoms with Crippen LogP contribution in [-0.2, 0) is 20.7 Å². The van der Waals surface area contributed by atoms with Crippen molar-refractivity contribution in [3.63, 3.8) is 0 Å². The number of anilines is 1. The van der Waals surface area contributed by atoms with E-state index in [1.165, 1.54) is 7.11 Å². The number of benzene rings is 2. The second-order valence-electron chi connectivity index (χ2n) is 4.60. The van der Waals surface area contributed by atoms with Gasteiger partial charge < -0.3 is 14.8 Å². The minimum Gasteiger partial charge on any atom is -0.482 e. The third kappa shape index (κ3) is 4.94. The number of ether oxygens (including phenoxy) is 2. The number of methoxy groups -OCH3 is 1. The highest BCUT2D eigenvalue weighted by molar-refractivity contribution is 5.92. The van der Waals surface area contributed by atoms with Crippen molar-refractivity contribution in [1.29, 1.82) is 0 Å². The molecule has 2 rings (SSSR count). The van der Waals surface area contributed by atoms with Gasteiger partial charge in [-0.3, -0.25) is 4.79 Å². The summed E-state index contributed by atoms with van der Waals surface area (Å²) in [5.74, 6) is -0.0854. The van der Waals surface area contributed by atoms with Crippen molar-refractivity contribution >= 4 is 17.6 Å². The highest BCUT2D eigenvalue weighted by Gasteiger charge is 2.06. The molecular formula is C17H17NO4. The van der Waals surface area contributed by atoms with E-state index in [9.17, 15) is 9.59 Å². The first-order valence-electron chi connectivity index (χ1n) is 6.81. The second-order valence-corrected chi connectivity index (χ2v) is 4.60. The van der Waals surface area contributed by atoms with Gasteiger partial charge in [0.1, 0.15) is 5.75 Å².